The fraction of sp³-hybridized carbons (Fsp3) is 0.667. The molecule has 0 bridgehead atoms. The number of ketones is 1. The third kappa shape index (κ3) is 2.89. The highest BCUT2D eigenvalue weighted by molar-refractivity contribution is 6.06. The fourth-order valence-corrected chi connectivity index (χ4v) is 9.00. The highest BCUT2D eigenvalue weighted by atomic mass is 16.3. The summed E-state index contributed by atoms with van der Waals surface area (Å²) in [5.74, 6) is 0.211. The minimum Gasteiger partial charge on any atom is -0.504 e. The number of hydrogen-bond acceptors (Lipinski definition) is 3. The number of aliphatic hydroxyl groups excluding tert-OH is 1. The van der Waals surface area contributed by atoms with Crippen LogP contribution in [0.4, 0.5) is 0 Å². The van der Waals surface area contributed by atoms with Gasteiger partial charge >= 0.3 is 0 Å². The van der Waals surface area contributed by atoms with Crippen molar-refractivity contribution in [3.63, 3.8) is 0 Å². The lowest BCUT2D eigenvalue weighted by atomic mass is 9.35. The van der Waals surface area contributed by atoms with Gasteiger partial charge in [-0.25, -0.2) is 0 Å². The highest BCUT2D eigenvalue weighted by Crippen LogP contribution is 2.75. The molecule has 3 fully saturated rings. The number of rotatable bonds is 1. The number of amides is 1. The summed E-state index contributed by atoms with van der Waals surface area (Å²) in [6, 6.07) is 0. The van der Waals surface area contributed by atoms with Gasteiger partial charge in [-0.15, -0.1) is 0 Å². The van der Waals surface area contributed by atoms with Crippen LogP contribution in [-0.4, -0.2) is 22.3 Å². The predicted molar refractivity (Wildman–Crippen MR) is 135 cm³/mol. The van der Waals surface area contributed by atoms with Crippen LogP contribution in [0.2, 0.25) is 0 Å². The summed E-state index contributed by atoms with van der Waals surface area (Å²) >= 11 is 0. The molecule has 2 N–H and O–H groups in total. The number of carbonyl (C=O) groups excluding carboxylic acids is 2. The van der Waals surface area contributed by atoms with E-state index in [0.29, 0.717) is 16.9 Å². The Kier molecular flexibility index (Phi) is 4.85. The Hall–Kier alpha value is -2.10. The number of nitrogens with one attached hydrogen (secondary N) is 1. The highest BCUT2D eigenvalue weighted by Gasteiger charge is 2.66. The molecule has 0 aromatic rings. The lowest BCUT2D eigenvalue weighted by Crippen LogP contribution is -2.64. The number of allylic oxidation sites excluding steroid dienone is 7. The standard InChI is InChI=1S/C30H41NO3/c1-18-20-8-9-23-28(5,21(20)16-22(33)25(18)34)13-15-30(7)24-17-27(4,31-19(2)32)12-10-26(24,3)11-14-29(23,30)6/h8-9,16,24,34H,10-15,17H2,1-7H3,(H,31,32)/t24-,26-,27-,28+,29-,30+/m1/s1. The van der Waals surface area contributed by atoms with Crippen LogP contribution in [0.15, 0.2) is 46.3 Å². The van der Waals surface area contributed by atoms with E-state index in [-0.39, 0.29) is 39.2 Å². The van der Waals surface area contributed by atoms with Crippen molar-refractivity contribution in [3.05, 3.63) is 46.3 Å². The van der Waals surface area contributed by atoms with E-state index in [1.807, 2.05) is 6.92 Å². The van der Waals surface area contributed by atoms with E-state index in [9.17, 15) is 14.7 Å². The van der Waals surface area contributed by atoms with Crippen molar-refractivity contribution in [2.75, 3.05) is 0 Å². The number of hydrogen-bond donors (Lipinski definition) is 2. The van der Waals surface area contributed by atoms with Crippen LogP contribution in [0.5, 0.6) is 0 Å². The van der Waals surface area contributed by atoms with Crippen molar-refractivity contribution in [2.24, 2.45) is 27.6 Å². The van der Waals surface area contributed by atoms with E-state index in [1.54, 1.807) is 13.0 Å². The Morgan fingerprint density at radius 1 is 1.00 bits per heavy atom. The molecule has 0 heterocycles. The minimum atomic E-state index is -0.264. The summed E-state index contributed by atoms with van der Waals surface area (Å²) in [6.45, 7) is 15.6. The zero-order valence-electron chi connectivity index (χ0n) is 22.0. The molecule has 184 valence electrons. The second kappa shape index (κ2) is 6.98. The van der Waals surface area contributed by atoms with Crippen LogP contribution >= 0.6 is 0 Å². The molecule has 0 aliphatic heterocycles. The summed E-state index contributed by atoms with van der Waals surface area (Å²) in [4.78, 5) is 24.7. The molecule has 34 heavy (non-hydrogen) atoms. The van der Waals surface area contributed by atoms with Gasteiger partial charge in [0.05, 0.1) is 0 Å². The maximum absolute atomic E-state index is 12.6. The van der Waals surface area contributed by atoms with Crippen LogP contribution in [0.25, 0.3) is 0 Å². The van der Waals surface area contributed by atoms with Gasteiger partial charge in [-0.2, -0.15) is 0 Å². The van der Waals surface area contributed by atoms with Crippen molar-refractivity contribution >= 4 is 11.7 Å². The SMILES string of the molecule is CC(=O)N[C@]1(C)CC[C@]2(C)CC[C@]3(C)C4=CC=C5C(=CC(=O)C(O)=C5C)[C@]4(C)CC[C@@]3(C)[C@@H]2C1. The molecule has 5 rings (SSSR count). The second-order valence-electron chi connectivity index (χ2n) is 13.3. The van der Waals surface area contributed by atoms with Crippen molar-refractivity contribution in [3.8, 4) is 0 Å². The van der Waals surface area contributed by atoms with Gasteiger partial charge < -0.3 is 10.4 Å². The Labute approximate surface area is 204 Å². The monoisotopic (exact) mass is 463 g/mol. The first-order valence-electron chi connectivity index (χ1n) is 13.1. The molecular formula is C30H41NO3. The smallest absolute Gasteiger partial charge is 0.220 e. The summed E-state index contributed by atoms with van der Waals surface area (Å²) in [5, 5.41) is 13.6. The normalized spacial score (nSPS) is 45.7. The van der Waals surface area contributed by atoms with Crippen LogP contribution in [0, 0.1) is 27.6 Å². The van der Waals surface area contributed by atoms with Gasteiger partial charge in [0.1, 0.15) is 0 Å². The first-order valence-corrected chi connectivity index (χ1v) is 13.1. The minimum absolute atomic E-state index is 0.0156. The quantitative estimate of drug-likeness (QED) is 0.466. The maximum atomic E-state index is 12.6. The predicted octanol–water partition coefficient (Wildman–Crippen LogP) is 6.50. The average Bonchev–Trinajstić information content (AvgIpc) is 2.75. The Morgan fingerprint density at radius 3 is 2.35 bits per heavy atom. The molecule has 4 heteroatoms. The largest absolute Gasteiger partial charge is 0.504 e. The topological polar surface area (TPSA) is 66.4 Å². The molecule has 0 aromatic carbocycles. The van der Waals surface area contributed by atoms with Crippen molar-refractivity contribution in [2.45, 2.75) is 99.0 Å². The van der Waals surface area contributed by atoms with Gasteiger partial charge in [0.2, 0.25) is 11.7 Å². The van der Waals surface area contributed by atoms with Gasteiger partial charge in [0.15, 0.2) is 5.76 Å². The lowest BCUT2D eigenvalue weighted by molar-refractivity contribution is -0.156. The van der Waals surface area contributed by atoms with Crippen molar-refractivity contribution in [1.82, 2.24) is 5.32 Å². The van der Waals surface area contributed by atoms with Crippen molar-refractivity contribution in [1.29, 1.82) is 0 Å². The van der Waals surface area contributed by atoms with E-state index in [4.69, 9.17) is 0 Å². The average molecular weight is 464 g/mol. The zero-order valence-corrected chi connectivity index (χ0v) is 22.0. The summed E-state index contributed by atoms with van der Waals surface area (Å²) in [7, 11) is 0. The van der Waals surface area contributed by atoms with E-state index in [0.717, 1.165) is 49.7 Å². The first kappa shape index (κ1) is 23.6. The van der Waals surface area contributed by atoms with Crippen LogP contribution in [-0.2, 0) is 9.59 Å². The first-order chi connectivity index (χ1) is 15.7. The number of fused-ring (bicyclic) bond motifs is 7. The summed E-state index contributed by atoms with van der Waals surface area (Å²) < 4.78 is 0. The van der Waals surface area contributed by atoms with Gasteiger partial charge in [0.25, 0.3) is 0 Å². The number of aliphatic hydroxyl groups is 1. The van der Waals surface area contributed by atoms with Gasteiger partial charge in [-0.05, 0) is 98.2 Å². The molecular weight excluding hydrogens is 422 g/mol. The van der Waals surface area contributed by atoms with Gasteiger partial charge in [0, 0.05) is 23.5 Å². The third-order valence-electron chi connectivity index (χ3n) is 11.3. The maximum Gasteiger partial charge on any atom is 0.220 e. The molecule has 0 spiro atoms. The van der Waals surface area contributed by atoms with Gasteiger partial charge in [-0.1, -0.05) is 45.4 Å². The summed E-state index contributed by atoms with van der Waals surface area (Å²) in [6.07, 6.45) is 13.8. The fourth-order valence-electron chi connectivity index (χ4n) is 9.00. The molecule has 0 aromatic heterocycles. The Morgan fingerprint density at radius 2 is 1.68 bits per heavy atom. The van der Waals surface area contributed by atoms with Crippen LogP contribution in [0.1, 0.15) is 93.4 Å². The van der Waals surface area contributed by atoms with Gasteiger partial charge in [-0.3, -0.25) is 9.59 Å². The molecule has 5 aliphatic rings. The molecule has 0 unspecified atom stereocenters. The molecule has 0 saturated heterocycles. The molecule has 5 aliphatic carbocycles. The molecule has 1 amide bonds. The molecule has 6 atom stereocenters. The number of carbonyl (C=O) groups is 2. The van der Waals surface area contributed by atoms with E-state index in [1.165, 1.54) is 12.0 Å². The third-order valence-corrected chi connectivity index (χ3v) is 11.3. The van der Waals surface area contributed by atoms with E-state index in [2.05, 4.69) is 52.1 Å². The van der Waals surface area contributed by atoms with E-state index < -0.39 is 0 Å². The van der Waals surface area contributed by atoms with E-state index >= 15 is 0 Å². The molecule has 4 nitrogen and oxygen atoms in total. The van der Waals surface area contributed by atoms with Crippen LogP contribution in [0.3, 0.4) is 0 Å². The van der Waals surface area contributed by atoms with Crippen LogP contribution < -0.4 is 5.32 Å². The molecule has 3 saturated carbocycles. The second-order valence-corrected chi connectivity index (χ2v) is 13.3. The Balaban J connectivity index is 1.61. The Bertz CT molecular complexity index is 1120. The molecule has 0 radical (unpaired) electrons. The lowest BCUT2D eigenvalue weighted by Gasteiger charge is -2.70. The summed E-state index contributed by atoms with van der Waals surface area (Å²) in [5.41, 5.74) is 4.35. The zero-order chi connectivity index (χ0) is 24.9. The van der Waals surface area contributed by atoms with Crippen molar-refractivity contribution < 1.29 is 14.7 Å².